The molecule has 1 aromatic carbocycles. The van der Waals surface area contributed by atoms with Crippen molar-refractivity contribution in [1.29, 1.82) is 0 Å². The molecule has 2 atom stereocenters. The van der Waals surface area contributed by atoms with Gasteiger partial charge in [-0.2, -0.15) is 0 Å². The highest BCUT2D eigenvalue weighted by Gasteiger charge is 2.22. The average molecular weight is 231 g/mol. The van der Waals surface area contributed by atoms with Crippen molar-refractivity contribution >= 4 is 0 Å². The Hall–Kier alpha value is -0.820. The lowest BCUT2D eigenvalue weighted by Crippen LogP contribution is -2.37. The third-order valence-electron chi connectivity index (χ3n) is 3.70. The Morgan fingerprint density at radius 2 is 1.82 bits per heavy atom. The van der Waals surface area contributed by atoms with Crippen LogP contribution in [-0.4, -0.2) is 13.1 Å². The summed E-state index contributed by atoms with van der Waals surface area (Å²) in [7, 11) is 0. The zero-order chi connectivity index (χ0) is 12.1. The Balaban J connectivity index is 1.85. The summed E-state index contributed by atoms with van der Waals surface area (Å²) < 4.78 is 0. The van der Waals surface area contributed by atoms with Gasteiger partial charge in [-0.3, -0.25) is 0 Å². The summed E-state index contributed by atoms with van der Waals surface area (Å²) in [6.07, 6.45) is 4.01. The van der Waals surface area contributed by atoms with Gasteiger partial charge in [-0.25, -0.2) is 0 Å². The van der Waals surface area contributed by atoms with Crippen LogP contribution >= 0.6 is 0 Å². The van der Waals surface area contributed by atoms with Crippen LogP contribution in [-0.2, 0) is 6.42 Å². The third-order valence-corrected chi connectivity index (χ3v) is 3.70. The van der Waals surface area contributed by atoms with Crippen LogP contribution in [0.2, 0.25) is 0 Å². The number of nitrogens with one attached hydrogen (secondary N) is 1. The van der Waals surface area contributed by atoms with Crippen LogP contribution in [0, 0.1) is 17.8 Å². The van der Waals surface area contributed by atoms with Crippen molar-refractivity contribution in [2.24, 2.45) is 17.8 Å². The highest BCUT2D eigenvalue weighted by molar-refractivity contribution is 5.15. The average Bonchev–Trinajstić information content (AvgIpc) is 2.30. The van der Waals surface area contributed by atoms with E-state index in [2.05, 4.69) is 49.5 Å². The van der Waals surface area contributed by atoms with Gasteiger partial charge >= 0.3 is 0 Å². The fraction of sp³-hybridized carbons (Fsp3) is 0.625. The topological polar surface area (TPSA) is 12.0 Å². The van der Waals surface area contributed by atoms with Crippen molar-refractivity contribution in [2.45, 2.75) is 33.1 Å². The second kappa shape index (κ2) is 6.20. The molecule has 1 aliphatic rings. The van der Waals surface area contributed by atoms with Crippen molar-refractivity contribution in [2.75, 3.05) is 13.1 Å². The largest absolute Gasteiger partial charge is 0.316 e. The van der Waals surface area contributed by atoms with E-state index in [1.165, 1.54) is 37.9 Å². The van der Waals surface area contributed by atoms with E-state index in [0.29, 0.717) is 0 Å². The number of rotatable bonds is 4. The molecule has 2 rings (SSSR count). The predicted molar refractivity (Wildman–Crippen MR) is 74.1 cm³/mol. The van der Waals surface area contributed by atoms with Gasteiger partial charge in [0, 0.05) is 0 Å². The van der Waals surface area contributed by atoms with Gasteiger partial charge in [-0.05, 0) is 55.7 Å². The molecular weight excluding hydrogens is 206 g/mol. The quantitative estimate of drug-likeness (QED) is 0.836. The summed E-state index contributed by atoms with van der Waals surface area (Å²) in [4.78, 5) is 0. The molecule has 94 valence electrons. The number of benzene rings is 1. The Bertz CT molecular complexity index is 318. The fourth-order valence-electron chi connectivity index (χ4n) is 3.08. The molecule has 1 saturated heterocycles. The molecule has 0 bridgehead atoms. The molecule has 0 saturated carbocycles. The zero-order valence-electron chi connectivity index (χ0n) is 11.2. The summed E-state index contributed by atoms with van der Waals surface area (Å²) in [5.74, 6) is 2.55. The van der Waals surface area contributed by atoms with E-state index in [-0.39, 0.29) is 0 Å². The van der Waals surface area contributed by atoms with E-state index >= 15 is 0 Å². The zero-order valence-corrected chi connectivity index (χ0v) is 11.2. The molecule has 1 heteroatoms. The van der Waals surface area contributed by atoms with Gasteiger partial charge in [0.1, 0.15) is 0 Å². The molecular formula is C16H25N. The maximum absolute atomic E-state index is 3.61. The minimum Gasteiger partial charge on any atom is -0.316 e. The first-order chi connectivity index (χ1) is 8.24. The van der Waals surface area contributed by atoms with Gasteiger partial charge in [0.25, 0.3) is 0 Å². The minimum absolute atomic E-state index is 0.829. The lowest BCUT2D eigenvalue weighted by Gasteiger charge is -2.31. The van der Waals surface area contributed by atoms with E-state index in [1.54, 1.807) is 0 Å². The molecule has 0 spiro atoms. The molecule has 1 aromatic rings. The first-order valence-corrected chi connectivity index (χ1v) is 6.98. The van der Waals surface area contributed by atoms with E-state index in [4.69, 9.17) is 0 Å². The molecule has 1 unspecified atom stereocenters. The number of hydrogen-bond donors (Lipinski definition) is 1. The van der Waals surface area contributed by atoms with Crippen LogP contribution < -0.4 is 5.32 Å². The van der Waals surface area contributed by atoms with Crippen molar-refractivity contribution in [3.63, 3.8) is 0 Å². The van der Waals surface area contributed by atoms with Crippen molar-refractivity contribution in [3.05, 3.63) is 35.9 Å². The van der Waals surface area contributed by atoms with Gasteiger partial charge in [0.2, 0.25) is 0 Å². The predicted octanol–water partition coefficient (Wildman–Crippen LogP) is 3.50. The molecule has 0 aromatic heterocycles. The minimum atomic E-state index is 0.829. The van der Waals surface area contributed by atoms with Crippen molar-refractivity contribution in [3.8, 4) is 0 Å². The van der Waals surface area contributed by atoms with Crippen molar-refractivity contribution < 1.29 is 0 Å². The Kier molecular flexibility index (Phi) is 4.61. The molecule has 1 heterocycles. The maximum Gasteiger partial charge on any atom is -0.00171 e. The Morgan fingerprint density at radius 3 is 2.53 bits per heavy atom. The van der Waals surface area contributed by atoms with Gasteiger partial charge in [-0.1, -0.05) is 44.2 Å². The van der Waals surface area contributed by atoms with Gasteiger partial charge in [0.15, 0.2) is 0 Å². The van der Waals surface area contributed by atoms with Gasteiger partial charge in [-0.15, -0.1) is 0 Å². The van der Waals surface area contributed by atoms with Crippen LogP contribution in [0.3, 0.4) is 0 Å². The molecule has 17 heavy (non-hydrogen) atoms. The summed E-state index contributed by atoms with van der Waals surface area (Å²) in [5.41, 5.74) is 1.49. The molecule has 1 fully saturated rings. The van der Waals surface area contributed by atoms with Gasteiger partial charge in [0.05, 0.1) is 0 Å². The molecule has 1 aliphatic heterocycles. The van der Waals surface area contributed by atoms with Crippen LogP contribution in [0.5, 0.6) is 0 Å². The molecule has 1 nitrogen and oxygen atoms in total. The number of hydrogen-bond acceptors (Lipinski definition) is 1. The van der Waals surface area contributed by atoms with E-state index in [0.717, 1.165) is 17.8 Å². The molecule has 0 aliphatic carbocycles. The number of piperidine rings is 1. The van der Waals surface area contributed by atoms with Crippen LogP contribution in [0.15, 0.2) is 30.3 Å². The smallest absolute Gasteiger partial charge is 0.00171 e. The summed E-state index contributed by atoms with van der Waals surface area (Å²) in [6.45, 7) is 7.09. The second-order valence-electron chi connectivity index (χ2n) is 5.95. The maximum atomic E-state index is 3.61. The summed E-state index contributed by atoms with van der Waals surface area (Å²) in [5, 5.41) is 3.61. The van der Waals surface area contributed by atoms with E-state index in [9.17, 15) is 0 Å². The normalized spacial score (nSPS) is 25.1. The molecule has 1 N–H and O–H groups in total. The van der Waals surface area contributed by atoms with Crippen LogP contribution in [0.1, 0.15) is 32.3 Å². The molecule has 0 radical (unpaired) electrons. The van der Waals surface area contributed by atoms with E-state index < -0.39 is 0 Å². The monoisotopic (exact) mass is 231 g/mol. The van der Waals surface area contributed by atoms with Crippen LogP contribution in [0.25, 0.3) is 0 Å². The summed E-state index contributed by atoms with van der Waals surface area (Å²) in [6, 6.07) is 10.9. The Labute approximate surface area is 106 Å². The first-order valence-electron chi connectivity index (χ1n) is 6.98. The van der Waals surface area contributed by atoms with Gasteiger partial charge < -0.3 is 5.32 Å². The SMILES string of the molecule is CC(C)C[C@@H]1CNCC(Cc2ccccc2)C1. The lowest BCUT2D eigenvalue weighted by molar-refractivity contribution is 0.253. The highest BCUT2D eigenvalue weighted by atomic mass is 14.9. The standard InChI is InChI=1S/C16H25N/c1-13(2)8-15-10-16(12-17-11-15)9-14-6-4-3-5-7-14/h3-7,13,15-17H,8-12H2,1-2H3/t15-,16?/m0/s1. The van der Waals surface area contributed by atoms with E-state index in [1.807, 2.05) is 0 Å². The highest BCUT2D eigenvalue weighted by Crippen LogP contribution is 2.25. The third kappa shape index (κ3) is 4.16. The second-order valence-corrected chi connectivity index (χ2v) is 5.95. The Morgan fingerprint density at radius 1 is 1.12 bits per heavy atom. The van der Waals surface area contributed by atoms with Crippen molar-refractivity contribution in [1.82, 2.24) is 5.32 Å². The fourth-order valence-corrected chi connectivity index (χ4v) is 3.08. The first kappa shape index (κ1) is 12.6. The summed E-state index contributed by atoms with van der Waals surface area (Å²) >= 11 is 0. The molecule has 0 amide bonds. The van der Waals surface area contributed by atoms with Crippen LogP contribution in [0.4, 0.5) is 0 Å². The lowest BCUT2D eigenvalue weighted by atomic mass is 9.82.